The lowest BCUT2D eigenvalue weighted by Crippen LogP contribution is -2.60. The number of carbonyl (C=O) groups excluding carboxylic acids is 1. The number of nitrogens with one attached hydrogen (secondary N) is 1. The van der Waals surface area contributed by atoms with E-state index in [1.54, 1.807) is 6.08 Å². The second-order valence-corrected chi connectivity index (χ2v) is 24.6. The zero-order valence-electron chi connectivity index (χ0n) is 56.9. The lowest BCUT2D eigenvalue weighted by molar-refractivity contribution is -0.302. The fraction of sp³-hybridized carbons (Fsp3) is 0.688. The first kappa shape index (κ1) is 83.1. The summed E-state index contributed by atoms with van der Waals surface area (Å²) in [4.78, 5) is 13.1. The average Bonchev–Trinajstić information content (AvgIpc) is 2.28. The summed E-state index contributed by atoms with van der Waals surface area (Å²) in [7, 11) is 0. The number of amides is 1. The highest BCUT2D eigenvalue weighted by molar-refractivity contribution is 5.76. The highest BCUT2D eigenvalue weighted by atomic mass is 16.7. The van der Waals surface area contributed by atoms with E-state index in [4.69, 9.17) is 9.47 Å². The van der Waals surface area contributed by atoms with Crippen LogP contribution in [0.3, 0.4) is 0 Å². The van der Waals surface area contributed by atoms with E-state index >= 15 is 0 Å². The number of hydrogen-bond acceptors (Lipinski definition) is 8. The molecule has 6 N–H and O–H groups in total. The molecule has 9 nitrogen and oxygen atoms in total. The first-order chi connectivity index (χ1) is 43.8. The van der Waals surface area contributed by atoms with Gasteiger partial charge in [0.15, 0.2) is 6.29 Å². The molecule has 0 radical (unpaired) electrons. The molecule has 0 aliphatic carbocycles. The Kier molecular flexibility index (Phi) is 62.5. The molecule has 9 heteroatoms. The van der Waals surface area contributed by atoms with Crippen LogP contribution in [0, 0.1) is 0 Å². The van der Waals surface area contributed by atoms with Gasteiger partial charge in [0.1, 0.15) is 24.4 Å². The highest BCUT2D eigenvalue weighted by Gasteiger charge is 2.44. The largest absolute Gasteiger partial charge is 0.394 e. The predicted molar refractivity (Wildman–Crippen MR) is 382 cm³/mol. The smallest absolute Gasteiger partial charge is 0.220 e. The van der Waals surface area contributed by atoms with Gasteiger partial charge >= 0.3 is 0 Å². The Bertz CT molecular complexity index is 1920. The minimum Gasteiger partial charge on any atom is -0.394 e. The summed E-state index contributed by atoms with van der Waals surface area (Å²) in [5.41, 5.74) is 0. The van der Waals surface area contributed by atoms with Crippen molar-refractivity contribution < 1.29 is 39.8 Å². The van der Waals surface area contributed by atoms with Crippen LogP contribution in [-0.2, 0) is 14.3 Å². The summed E-state index contributed by atoms with van der Waals surface area (Å²) < 4.78 is 11.3. The van der Waals surface area contributed by atoms with Crippen molar-refractivity contribution in [2.24, 2.45) is 0 Å². The van der Waals surface area contributed by atoms with E-state index in [9.17, 15) is 30.3 Å². The standard InChI is InChI=1S/C80H135NO8/c1-3-5-7-9-11-13-15-17-19-21-23-25-27-29-31-33-35-37-39-41-43-45-47-49-51-53-55-57-59-61-63-65-67-69-74(83)73(72-88-80-79(87)78(86)77(85)75(71-82)89-80)81-76(84)70-68-66-64-62-60-58-56-54-52-50-48-46-44-42-40-38-36-34-32-30-28-26-24-22-20-18-16-14-12-10-8-6-4-2/h6,8,12,14,18,20,24,26,30,32,36,38,42,44,48,50-51,53-54,56,59,61,67,69,73-75,77-80,82-83,85-87H,3-5,7,9-11,13,15-17,19,21-23,25,27-29,31,33-35,37,39-41,43,45-47,49,52,55,57-58,60,62-66,68,70-72H2,1-2H3,(H,81,84)/b8-6-,14-12-,20-18-,26-24-,32-30-,38-36-,44-42-,50-48-,53-51+,56-54-,61-59+,69-67+. The average molecular weight is 1240 g/mol. The Morgan fingerprint density at radius 3 is 1.08 bits per heavy atom. The number of ether oxygens (including phenoxy) is 2. The summed E-state index contributed by atoms with van der Waals surface area (Å²) in [5, 5.41) is 54.8. The molecule has 0 saturated carbocycles. The van der Waals surface area contributed by atoms with Crippen molar-refractivity contribution in [3.05, 3.63) is 146 Å². The van der Waals surface area contributed by atoms with Crippen LogP contribution in [0.5, 0.6) is 0 Å². The van der Waals surface area contributed by atoms with Gasteiger partial charge in [-0.15, -0.1) is 0 Å². The van der Waals surface area contributed by atoms with Gasteiger partial charge in [-0.3, -0.25) is 4.79 Å². The number of aliphatic hydroxyl groups excluding tert-OH is 5. The maximum atomic E-state index is 13.1. The van der Waals surface area contributed by atoms with Gasteiger partial charge in [0.05, 0.1) is 25.4 Å². The monoisotopic (exact) mass is 1240 g/mol. The van der Waals surface area contributed by atoms with Crippen molar-refractivity contribution in [2.75, 3.05) is 13.2 Å². The quantitative estimate of drug-likeness (QED) is 0.0261. The zero-order chi connectivity index (χ0) is 64.2. The number of aliphatic hydroxyl groups is 5. The summed E-state index contributed by atoms with van der Waals surface area (Å²) >= 11 is 0. The molecular formula is C80H135NO8. The van der Waals surface area contributed by atoms with Crippen LogP contribution in [0.1, 0.15) is 296 Å². The Morgan fingerprint density at radius 1 is 0.393 bits per heavy atom. The molecule has 508 valence electrons. The van der Waals surface area contributed by atoms with Crippen molar-refractivity contribution in [2.45, 2.75) is 339 Å². The topological polar surface area (TPSA) is 149 Å². The van der Waals surface area contributed by atoms with E-state index in [1.807, 2.05) is 6.08 Å². The maximum absolute atomic E-state index is 13.1. The van der Waals surface area contributed by atoms with Crippen LogP contribution in [0.2, 0.25) is 0 Å². The second kappa shape index (κ2) is 67.0. The van der Waals surface area contributed by atoms with E-state index in [1.165, 1.54) is 148 Å². The van der Waals surface area contributed by atoms with Gasteiger partial charge < -0.3 is 40.3 Å². The van der Waals surface area contributed by atoms with Crippen LogP contribution in [0.15, 0.2) is 146 Å². The summed E-state index contributed by atoms with van der Waals surface area (Å²) in [6.45, 7) is 3.65. The molecule has 1 amide bonds. The minimum absolute atomic E-state index is 0.214. The number of unbranched alkanes of at least 4 members (excludes halogenated alkanes) is 30. The fourth-order valence-electron chi connectivity index (χ4n) is 10.7. The van der Waals surface area contributed by atoms with E-state index in [0.29, 0.717) is 6.42 Å². The van der Waals surface area contributed by atoms with Gasteiger partial charge in [0.25, 0.3) is 0 Å². The molecule has 1 aliphatic heterocycles. The molecule has 1 fully saturated rings. The minimum atomic E-state index is -1.59. The molecule has 1 aliphatic rings. The van der Waals surface area contributed by atoms with Crippen molar-refractivity contribution in [1.29, 1.82) is 0 Å². The lowest BCUT2D eigenvalue weighted by Gasteiger charge is -2.40. The van der Waals surface area contributed by atoms with E-state index < -0.39 is 49.5 Å². The van der Waals surface area contributed by atoms with Crippen LogP contribution in [0.25, 0.3) is 0 Å². The molecule has 0 aromatic rings. The first-order valence-electron chi connectivity index (χ1n) is 36.6. The van der Waals surface area contributed by atoms with Crippen LogP contribution >= 0.6 is 0 Å². The molecule has 0 spiro atoms. The predicted octanol–water partition coefficient (Wildman–Crippen LogP) is 20.5. The van der Waals surface area contributed by atoms with Crippen molar-refractivity contribution in [3.8, 4) is 0 Å². The number of carbonyl (C=O) groups is 1. The summed E-state index contributed by atoms with van der Waals surface area (Å²) in [5.74, 6) is -0.214. The summed E-state index contributed by atoms with van der Waals surface area (Å²) in [6.07, 6.45) is 96.7. The van der Waals surface area contributed by atoms with Gasteiger partial charge in [-0.2, -0.15) is 0 Å². The first-order valence-corrected chi connectivity index (χ1v) is 36.6. The Labute approximate surface area is 546 Å². The SMILES string of the molecule is CC/C=C\C/C=C\C/C=C\C/C=C\C/C=C\C/C=C\C/C=C\C/C=C\C/C=C\CCCCCCCC(=O)NC(COC1OC(CO)C(O)C(O)C1O)C(O)/C=C/CC/C=C/CC/C=C/CCCCCCCCCCCCCCCCCCCCCCCCC. The van der Waals surface area contributed by atoms with E-state index in [2.05, 4.69) is 153 Å². The molecule has 7 atom stereocenters. The molecular weight excluding hydrogens is 1100 g/mol. The van der Waals surface area contributed by atoms with Crippen LogP contribution in [-0.4, -0.2) is 87.5 Å². The van der Waals surface area contributed by atoms with Gasteiger partial charge in [-0.05, 0) is 116 Å². The molecule has 1 saturated heterocycles. The molecule has 7 unspecified atom stereocenters. The lowest BCUT2D eigenvalue weighted by atomic mass is 9.99. The van der Waals surface area contributed by atoms with Crippen molar-refractivity contribution >= 4 is 5.91 Å². The van der Waals surface area contributed by atoms with Crippen LogP contribution in [0.4, 0.5) is 0 Å². The third-order valence-electron chi connectivity index (χ3n) is 16.4. The molecule has 89 heavy (non-hydrogen) atoms. The fourth-order valence-corrected chi connectivity index (χ4v) is 10.7. The molecule has 0 bridgehead atoms. The van der Waals surface area contributed by atoms with Gasteiger partial charge in [-0.25, -0.2) is 0 Å². The Hall–Kier alpha value is -3.93. The normalized spacial score (nSPS) is 18.8. The van der Waals surface area contributed by atoms with E-state index in [0.717, 1.165) is 128 Å². The zero-order valence-corrected chi connectivity index (χ0v) is 56.9. The van der Waals surface area contributed by atoms with Crippen LogP contribution < -0.4 is 5.32 Å². The number of allylic oxidation sites excluding steroid dienone is 23. The highest BCUT2D eigenvalue weighted by Crippen LogP contribution is 2.23. The van der Waals surface area contributed by atoms with Gasteiger partial charge in [0, 0.05) is 6.42 Å². The Morgan fingerprint density at radius 2 is 0.708 bits per heavy atom. The third-order valence-corrected chi connectivity index (χ3v) is 16.4. The molecule has 0 aromatic carbocycles. The third kappa shape index (κ3) is 55.4. The molecule has 1 heterocycles. The number of hydrogen-bond donors (Lipinski definition) is 6. The maximum Gasteiger partial charge on any atom is 0.220 e. The molecule has 0 aromatic heterocycles. The van der Waals surface area contributed by atoms with Crippen molar-refractivity contribution in [1.82, 2.24) is 5.32 Å². The van der Waals surface area contributed by atoms with Gasteiger partial charge in [-0.1, -0.05) is 320 Å². The summed E-state index contributed by atoms with van der Waals surface area (Å²) in [6, 6.07) is -0.853. The second-order valence-electron chi connectivity index (χ2n) is 24.6. The Balaban J connectivity index is 2.20. The van der Waals surface area contributed by atoms with Crippen molar-refractivity contribution in [3.63, 3.8) is 0 Å². The number of rotatable bonds is 62. The van der Waals surface area contributed by atoms with Gasteiger partial charge in [0.2, 0.25) is 5.91 Å². The molecule has 1 rings (SSSR count). The van der Waals surface area contributed by atoms with E-state index in [-0.39, 0.29) is 12.5 Å².